The highest BCUT2D eigenvalue weighted by molar-refractivity contribution is 5.78. The molecule has 4 nitrogen and oxygen atoms in total. The molecule has 1 unspecified atom stereocenters. The van der Waals surface area contributed by atoms with E-state index in [0.717, 1.165) is 19.6 Å². The first-order chi connectivity index (χ1) is 7.44. The Hall–Kier alpha value is -0.610. The lowest BCUT2D eigenvalue weighted by atomic mass is 9.96. The topological polar surface area (TPSA) is 52.6 Å². The molecular weight excluding hydrogens is 204 g/mol. The quantitative estimate of drug-likeness (QED) is 0.720. The Kier molecular flexibility index (Phi) is 4.74. The number of nitrogens with zero attached hydrogens (tertiary/aromatic N) is 1. The van der Waals surface area contributed by atoms with Crippen molar-refractivity contribution in [3.8, 4) is 0 Å². The van der Waals surface area contributed by atoms with Gasteiger partial charge in [0, 0.05) is 12.6 Å². The van der Waals surface area contributed by atoms with Crippen molar-refractivity contribution < 1.29 is 9.90 Å². The lowest BCUT2D eigenvalue weighted by Gasteiger charge is -2.30. The van der Waals surface area contributed by atoms with E-state index < -0.39 is 11.5 Å². The largest absolute Gasteiger partial charge is 0.480 e. The Labute approximate surface area is 98.0 Å². The highest BCUT2D eigenvalue weighted by Crippen LogP contribution is 2.15. The van der Waals surface area contributed by atoms with Crippen LogP contribution < -0.4 is 5.32 Å². The molecule has 1 atom stereocenters. The molecule has 0 amide bonds. The van der Waals surface area contributed by atoms with E-state index in [2.05, 4.69) is 10.2 Å². The molecule has 1 aliphatic rings. The minimum Gasteiger partial charge on any atom is -0.480 e. The molecule has 0 aromatic carbocycles. The second-order valence-corrected chi connectivity index (χ2v) is 5.24. The third-order valence-corrected chi connectivity index (χ3v) is 3.21. The Bertz CT molecular complexity index is 237. The maximum Gasteiger partial charge on any atom is 0.323 e. The van der Waals surface area contributed by atoms with E-state index in [9.17, 15) is 9.90 Å². The molecule has 1 saturated heterocycles. The maximum atomic E-state index is 11.3. The van der Waals surface area contributed by atoms with Crippen LogP contribution in [0.4, 0.5) is 0 Å². The van der Waals surface area contributed by atoms with E-state index >= 15 is 0 Å². The number of aliphatic carboxylic acids is 1. The average Bonchev–Trinajstić information content (AvgIpc) is 2.65. The van der Waals surface area contributed by atoms with Gasteiger partial charge in [0.2, 0.25) is 0 Å². The van der Waals surface area contributed by atoms with Crippen LogP contribution in [0, 0.1) is 0 Å². The second kappa shape index (κ2) is 5.64. The van der Waals surface area contributed by atoms with Crippen molar-refractivity contribution in [2.24, 2.45) is 0 Å². The predicted octanol–water partition coefficient (Wildman–Crippen LogP) is 1.31. The van der Waals surface area contributed by atoms with Gasteiger partial charge in [0.15, 0.2) is 0 Å². The molecule has 2 N–H and O–H groups in total. The van der Waals surface area contributed by atoms with Crippen molar-refractivity contribution in [1.29, 1.82) is 0 Å². The predicted molar refractivity (Wildman–Crippen MR) is 64.6 cm³/mol. The van der Waals surface area contributed by atoms with Crippen molar-refractivity contribution in [3.63, 3.8) is 0 Å². The monoisotopic (exact) mass is 228 g/mol. The van der Waals surface area contributed by atoms with E-state index in [4.69, 9.17) is 0 Å². The van der Waals surface area contributed by atoms with E-state index in [1.165, 1.54) is 12.8 Å². The van der Waals surface area contributed by atoms with Gasteiger partial charge in [-0.05, 0) is 53.1 Å². The van der Waals surface area contributed by atoms with Crippen molar-refractivity contribution in [3.05, 3.63) is 0 Å². The number of hydrogen-bond acceptors (Lipinski definition) is 3. The molecule has 1 aliphatic heterocycles. The molecule has 0 radical (unpaired) electrons. The highest BCUT2D eigenvalue weighted by atomic mass is 16.4. The summed E-state index contributed by atoms with van der Waals surface area (Å²) < 4.78 is 0. The third-order valence-electron chi connectivity index (χ3n) is 3.21. The van der Waals surface area contributed by atoms with E-state index in [0.29, 0.717) is 6.42 Å². The summed E-state index contributed by atoms with van der Waals surface area (Å²) in [6, 6.07) is 0.194. The summed E-state index contributed by atoms with van der Waals surface area (Å²) in [5, 5.41) is 12.4. The van der Waals surface area contributed by atoms with Crippen LogP contribution in [0.15, 0.2) is 0 Å². The van der Waals surface area contributed by atoms with Gasteiger partial charge in [-0.1, -0.05) is 0 Å². The maximum absolute atomic E-state index is 11.3. The molecule has 1 rings (SSSR count). The van der Waals surface area contributed by atoms with Crippen LogP contribution in [0.3, 0.4) is 0 Å². The normalized spacial score (nSPS) is 21.2. The van der Waals surface area contributed by atoms with Crippen LogP contribution >= 0.6 is 0 Å². The summed E-state index contributed by atoms with van der Waals surface area (Å²) in [4.78, 5) is 13.6. The fourth-order valence-electron chi connectivity index (χ4n) is 2.27. The molecule has 4 heteroatoms. The van der Waals surface area contributed by atoms with Gasteiger partial charge in [-0.25, -0.2) is 0 Å². The molecular formula is C12H24N2O2. The van der Waals surface area contributed by atoms with Crippen molar-refractivity contribution in [1.82, 2.24) is 10.2 Å². The lowest BCUT2D eigenvalue weighted by molar-refractivity contribution is -0.144. The molecule has 0 aliphatic carbocycles. The summed E-state index contributed by atoms with van der Waals surface area (Å²) in [5.74, 6) is -0.750. The number of nitrogens with one attached hydrogen (secondary N) is 1. The Morgan fingerprint density at radius 1 is 1.44 bits per heavy atom. The van der Waals surface area contributed by atoms with Gasteiger partial charge in [0.05, 0.1) is 0 Å². The van der Waals surface area contributed by atoms with Gasteiger partial charge >= 0.3 is 5.97 Å². The molecule has 0 saturated carbocycles. The molecule has 0 aromatic rings. The number of hydrogen-bond donors (Lipinski definition) is 2. The fourth-order valence-corrected chi connectivity index (χ4v) is 2.27. The number of carboxylic acids is 1. The minimum absolute atomic E-state index is 0.194. The zero-order valence-electron chi connectivity index (χ0n) is 10.6. The van der Waals surface area contributed by atoms with Gasteiger partial charge in [-0.3, -0.25) is 10.1 Å². The summed E-state index contributed by atoms with van der Waals surface area (Å²) in [5.41, 5.74) is -0.795. The molecule has 0 aromatic heterocycles. The molecule has 94 valence electrons. The lowest BCUT2D eigenvalue weighted by Crippen LogP contribution is -2.53. The van der Waals surface area contributed by atoms with Crippen LogP contribution in [0.5, 0.6) is 0 Å². The number of rotatable bonds is 6. The molecule has 0 bridgehead atoms. The SMILES string of the molecule is CC(C)NC(C)(CCN1CCCC1)C(=O)O. The standard InChI is InChI=1S/C12H24N2O2/c1-10(2)13-12(3,11(15)16)6-9-14-7-4-5-8-14/h10,13H,4-9H2,1-3H3,(H,15,16). The van der Waals surface area contributed by atoms with Gasteiger partial charge in [-0.2, -0.15) is 0 Å². The third kappa shape index (κ3) is 3.76. The van der Waals surface area contributed by atoms with Gasteiger partial charge < -0.3 is 10.0 Å². The summed E-state index contributed by atoms with van der Waals surface area (Å²) in [7, 11) is 0. The van der Waals surface area contributed by atoms with Gasteiger partial charge in [0.25, 0.3) is 0 Å². The Morgan fingerprint density at radius 3 is 2.44 bits per heavy atom. The Morgan fingerprint density at radius 2 is 2.00 bits per heavy atom. The minimum atomic E-state index is -0.795. The van der Waals surface area contributed by atoms with Crippen LogP contribution in [-0.2, 0) is 4.79 Å². The van der Waals surface area contributed by atoms with Crippen molar-refractivity contribution >= 4 is 5.97 Å². The zero-order valence-corrected chi connectivity index (χ0v) is 10.6. The van der Waals surface area contributed by atoms with Crippen LogP contribution in [-0.4, -0.2) is 47.2 Å². The van der Waals surface area contributed by atoms with Crippen LogP contribution in [0.1, 0.15) is 40.0 Å². The summed E-state index contributed by atoms with van der Waals surface area (Å²) in [6.07, 6.45) is 3.17. The molecule has 0 spiro atoms. The fraction of sp³-hybridized carbons (Fsp3) is 0.917. The molecule has 16 heavy (non-hydrogen) atoms. The van der Waals surface area contributed by atoms with Gasteiger partial charge in [0.1, 0.15) is 5.54 Å². The van der Waals surface area contributed by atoms with E-state index in [1.54, 1.807) is 6.92 Å². The Balaban J connectivity index is 2.46. The van der Waals surface area contributed by atoms with Crippen molar-refractivity contribution in [2.75, 3.05) is 19.6 Å². The number of likely N-dealkylation sites (tertiary alicyclic amines) is 1. The summed E-state index contributed by atoms with van der Waals surface area (Å²) >= 11 is 0. The first-order valence-electron chi connectivity index (χ1n) is 6.17. The molecule has 1 fully saturated rings. The zero-order chi connectivity index (χ0) is 12.2. The molecule has 1 heterocycles. The second-order valence-electron chi connectivity index (χ2n) is 5.24. The van der Waals surface area contributed by atoms with Crippen LogP contribution in [0.2, 0.25) is 0 Å². The van der Waals surface area contributed by atoms with Crippen molar-refractivity contribution in [2.45, 2.75) is 51.6 Å². The first kappa shape index (κ1) is 13.5. The average molecular weight is 228 g/mol. The first-order valence-corrected chi connectivity index (χ1v) is 6.17. The number of carbonyl (C=O) groups is 1. The highest BCUT2D eigenvalue weighted by Gasteiger charge is 2.33. The van der Waals surface area contributed by atoms with E-state index in [-0.39, 0.29) is 6.04 Å². The number of carboxylic acid groups (broad SMARTS) is 1. The van der Waals surface area contributed by atoms with Crippen LogP contribution in [0.25, 0.3) is 0 Å². The summed E-state index contributed by atoms with van der Waals surface area (Å²) in [6.45, 7) is 8.87. The smallest absolute Gasteiger partial charge is 0.323 e. The van der Waals surface area contributed by atoms with E-state index in [1.807, 2.05) is 13.8 Å². The van der Waals surface area contributed by atoms with Gasteiger partial charge in [-0.15, -0.1) is 0 Å².